The molecule has 0 radical (unpaired) electrons. The Kier molecular flexibility index (Phi) is 3.48. The Balaban J connectivity index is 1.91. The van der Waals surface area contributed by atoms with Crippen molar-refractivity contribution in [3.63, 3.8) is 0 Å². The minimum absolute atomic E-state index is 0.0319. The summed E-state index contributed by atoms with van der Waals surface area (Å²) in [4.78, 5) is 12.8. The molecule has 6 nitrogen and oxygen atoms in total. The average Bonchev–Trinajstić information content (AvgIpc) is 2.91. The third-order valence-electron chi connectivity index (χ3n) is 3.49. The fraction of sp³-hybridized carbons (Fsp3) is 0.211. The van der Waals surface area contributed by atoms with Crippen LogP contribution in [0.4, 0.5) is 0 Å². The second-order valence-corrected chi connectivity index (χ2v) is 6.57. The van der Waals surface area contributed by atoms with E-state index in [4.69, 9.17) is 21.5 Å². The van der Waals surface area contributed by atoms with Crippen LogP contribution in [0.3, 0.4) is 0 Å². The van der Waals surface area contributed by atoms with Crippen LogP contribution >= 0.6 is 0 Å². The lowest BCUT2D eigenvalue weighted by molar-refractivity contribution is -0.123. The van der Waals surface area contributed by atoms with E-state index in [0.717, 1.165) is 0 Å². The molecule has 1 unspecified atom stereocenters. The molecule has 0 amide bonds. The molecule has 0 fully saturated rings. The van der Waals surface area contributed by atoms with Gasteiger partial charge in [-0.15, -0.1) is 0 Å². The molecule has 7 heteroatoms. The van der Waals surface area contributed by atoms with E-state index in [1.54, 1.807) is 6.07 Å². The van der Waals surface area contributed by atoms with Crippen LogP contribution < -0.4 is 5.73 Å². The Morgan fingerprint density at radius 2 is 1.81 bits per heavy atom. The number of rotatable bonds is 6. The lowest BCUT2D eigenvalue weighted by Crippen LogP contribution is -2.16. The van der Waals surface area contributed by atoms with Gasteiger partial charge in [0.2, 0.25) is 17.4 Å². The number of aryl methyl sites for hydroxylation is 1. The highest BCUT2D eigenvalue weighted by atomic mass is 32.2. The van der Waals surface area contributed by atoms with Gasteiger partial charge < -0.3 is 14.7 Å². The zero-order chi connectivity index (χ0) is 23.2. The highest BCUT2D eigenvalue weighted by molar-refractivity contribution is 7.86. The maximum Gasteiger partial charge on any atom is 0.313 e. The van der Waals surface area contributed by atoms with Gasteiger partial charge in [0.1, 0.15) is 5.70 Å². The van der Waals surface area contributed by atoms with Crippen molar-refractivity contribution in [3.8, 4) is 0 Å². The first-order valence-corrected chi connectivity index (χ1v) is 8.95. The zero-order valence-corrected chi connectivity index (χ0v) is 14.5. The van der Waals surface area contributed by atoms with Gasteiger partial charge in [0.25, 0.3) is 0 Å². The zero-order valence-electron chi connectivity index (χ0n) is 18.7. The van der Waals surface area contributed by atoms with Gasteiger partial charge in [-0.2, -0.15) is 8.42 Å². The van der Waals surface area contributed by atoms with Crippen molar-refractivity contribution < 1.29 is 29.0 Å². The number of ketones is 1. The fourth-order valence-corrected chi connectivity index (χ4v) is 3.10. The highest BCUT2D eigenvalue weighted by Gasteiger charge is 2.39. The summed E-state index contributed by atoms with van der Waals surface area (Å²) >= 11 is 0. The smallest absolute Gasteiger partial charge is 0.313 e. The molecule has 0 saturated carbocycles. The maximum absolute atomic E-state index is 12.8. The fourth-order valence-electron chi connectivity index (χ4n) is 2.26. The largest absolute Gasteiger partial charge is 0.460 e. The van der Waals surface area contributed by atoms with Crippen LogP contribution in [0.2, 0.25) is 0 Å². The Morgan fingerprint density at radius 1 is 1.15 bits per heavy atom. The summed E-state index contributed by atoms with van der Waals surface area (Å²) in [6.07, 6.45) is -4.12. The predicted octanol–water partition coefficient (Wildman–Crippen LogP) is 2.56. The minimum Gasteiger partial charge on any atom is -0.460 e. The lowest BCUT2D eigenvalue weighted by Gasteiger charge is -2.10. The Bertz CT molecular complexity index is 1140. The summed E-state index contributed by atoms with van der Waals surface area (Å²) in [6, 6.07) is 12.2. The minimum atomic E-state index is -5.06. The van der Waals surface area contributed by atoms with Crippen molar-refractivity contribution in [2.24, 2.45) is 5.73 Å². The molecule has 0 spiro atoms. The first-order chi connectivity index (χ1) is 14.2. The number of carbonyl (C=O) groups excluding carboxylic acids is 1. The quantitative estimate of drug-likeness (QED) is 0.776. The SMILES string of the molecule is [2H]C([2H])(C)c1ccc(C2([2H])OC(N)=C(OS(=O)(=O)C([2H])([2H])c3ccccc3)C2=O)cc1. The van der Waals surface area contributed by atoms with Crippen LogP contribution in [0.25, 0.3) is 0 Å². The molecule has 1 aliphatic heterocycles. The van der Waals surface area contributed by atoms with Crippen molar-refractivity contribution in [3.05, 3.63) is 82.9 Å². The van der Waals surface area contributed by atoms with E-state index in [0.29, 0.717) is 5.56 Å². The Labute approximate surface area is 159 Å². The van der Waals surface area contributed by atoms with E-state index >= 15 is 0 Å². The molecule has 1 heterocycles. The van der Waals surface area contributed by atoms with Gasteiger partial charge in [0.05, 0.1) is 4.11 Å². The van der Waals surface area contributed by atoms with E-state index in [9.17, 15) is 13.2 Å². The van der Waals surface area contributed by atoms with Crippen LogP contribution in [-0.4, -0.2) is 14.2 Å². The summed E-state index contributed by atoms with van der Waals surface area (Å²) in [7, 11) is -5.06. The molecule has 2 aromatic rings. The number of nitrogens with two attached hydrogens (primary N) is 1. The summed E-state index contributed by atoms with van der Waals surface area (Å²) in [6.45, 7) is 1.34. The van der Waals surface area contributed by atoms with Crippen molar-refractivity contribution in [2.75, 3.05) is 0 Å². The van der Waals surface area contributed by atoms with Crippen molar-refractivity contribution in [1.29, 1.82) is 0 Å². The highest BCUT2D eigenvalue weighted by Crippen LogP contribution is 2.32. The molecule has 2 N–H and O–H groups in total. The molecule has 0 aliphatic carbocycles. The van der Waals surface area contributed by atoms with Gasteiger partial charge in [-0.1, -0.05) is 61.5 Å². The number of Topliss-reactive ketones (excluding diaryl/α,β-unsaturated/α-hetero) is 1. The second-order valence-electron chi connectivity index (χ2n) is 5.29. The summed E-state index contributed by atoms with van der Waals surface area (Å²) in [5.74, 6) is -3.00. The second kappa shape index (κ2) is 7.21. The molecule has 26 heavy (non-hydrogen) atoms. The molecule has 0 saturated heterocycles. The van der Waals surface area contributed by atoms with Crippen molar-refractivity contribution in [2.45, 2.75) is 25.1 Å². The average molecular weight is 378 g/mol. The molecular weight excluding hydrogens is 354 g/mol. The van der Waals surface area contributed by atoms with Crippen LogP contribution in [0, 0.1) is 0 Å². The molecule has 136 valence electrons. The van der Waals surface area contributed by atoms with Crippen LogP contribution in [0.1, 0.15) is 36.5 Å². The molecule has 1 atom stereocenters. The van der Waals surface area contributed by atoms with Crippen LogP contribution in [0.15, 0.2) is 66.2 Å². The van der Waals surface area contributed by atoms with E-state index in [1.807, 2.05) is 0 Å². The maximum atomic E-state index is 12.8. The van der Waals surface area contributed by atoms with Gasteiger partial charge >= 0.3 is 10.1 Å². The molecular formula is C19H19NO5S. The van der Waals surface area contributed by atoms with Gasteiger partial charge in [0.15, 0.2) is 6.08 Å². The molecule has 1 aliphatic rings. The summed E-state index contributed by atoms with van der Waals surface area (Å²) in [5.41, 5.74) is 2.65. The number of hydrogen-bond acceptors (Lipinski definition) is 6. The standard InChI is InChI=1S/C19H19NO5S/c1-2-13-8-10-15(11-9-13)17-16(21)18(19(20)24-17)25-26(22,23)12-14-6-4-3-5-7-14/h3-11,17H,2,12,20H2,1H3/i2D2,12D2,17D. The predicted molar refractivity (Wildman–Crippen MR) is 96.0 cm³/mol. The first-order valence-electron chi connectivity index (χ1n) is 10.0. The topological polar surface area (TPSA) is 95.7 Å². The van der Waals surface area contributed by atoms with Gasteiger partial charge in [-0.3, -0.25) is 4.79 Å². The lowest BCUT2D eigenvalue weighted by atomic mass is 10.0. The third kappa shape index (κ3) is 3.88. The van der Waals surface area contributed by atoms with E-state index in [1.165, 1.54) is 55.5 Å². The number of ether oxygens (including phenoxy) is 1. The third-order valence-corrected chi connectivity index (χ3v) is 4.37. The van der Waals surface area contributed by atoms with Crippen molar-refractivity contribution >= 4 is 15.9 Å². The Hall–Kier alpha value is -2.80. The monoisotopic (exact) mass is 378 g/mol. The van der Waals surface area contributed by atoms with E-state index in [2.05, 4.69) is 0 Å². The number of benzene rings is 2. The molecule has 3 rings (SSSR count). The summed E-state index contributed by atoms with van der Waals surface area (Å²) in [5, 5.41) is 0. The van der Waals surface area contributed by atoms with E-state index in [-0.39, 0.29) is 11.1 Å². The summed E-state index contributed by atoms with van der Waals surface area (Å²) < 4.78 is 74.8. The van der Waals surface area contributed by atoms with Gasteiger partial charge in [-0.25, -0.2) is 0 Å². The van der Waals surface area contributed by atoms with Gasteiger partial charge in [0, 0.05) is 8.30 Å². The van der Waals surface area contributed by atoms with Gasteiger partial charge in [-0.05, 0) is 17.5 Å². The number of hydrogen-bond donors (Lipinski definition) is 1. The molecule has 0 aromatic heterocycles. The van der Waals surface area contributed by atoms with Crippen molar-refractivity contribution in [1.82, 2.24) is 0 Å². The van der Waals surface area contributed by atoms with Crippen LogP contribution in [0.5, 0.6) is 0 Å². The van der Waals surface area contributed by atoms with E-state index < -0.39 is 45.7 Å². The number of carbonyl (C=O) groups is 1. The molecule has 2 aromatic carbocycles. The first kappa shape index (κ1) is 12.5. The Morgan fingerprint density at radius 3 is 2.42 bits per heavy atom. The van der Waals surface area contributed by atoms with Crippen LogP contribution in [-0.2, 0) is 35.9 Å². The molecule has 0 bridgehead atoms. The normalized spacial score (nSPS) is 24.0.